The lowest BCUT2D eigenvalue weighted by Crippen LogP contribution is -2.23. The molecule has 2 rings (SSSR count). The number of hydrogen-bond acceptors (Lipinski definition) is 3. The Hall–Kier alpha value is -1.71. The number of benzene rings is 2. The molecule has 0 aromatic heterocycles. The second kappa shape index (κ2) is 7.34. The van der Waals surface area contributed by atoms with Gasteiger partial charge in [0, 0.05) is 15.7 Å². The van der Waals surface area contributed by atoms with E-state index in [2.05, 4.69) is 5.32 Å². The molecule has 0 radical (unpaired) electrons. The van der Waals surface area contributed by atoms with Crippen molar-refractivity contribution in [1.29, 1.82) is 0 Å². The van der Waals surface area contributed by atoms with E-state index in [-0.39, 0.29) is 5.97 Å². The number of esters is 1. The molecule has 110 valence electrons. The molecule has 0 spiro atoms. The summed E-state index contributed by atoms with van der Waals surface area (Å²) in [5.74, 6) is -0.347. The molecule has 1 N–H and O–H groups in total. The van der Waals surface area contributed by atoms with Gasteiger partial charge in [0.2, 0.25) is 0 Å². The molecule has 0 aliphatic rings. The summed E-state index contributed by atoms with van der Waals surface area (Å²) in [5.41, 5.74) is 1.47. The minimum atomic E-state index is -0.610. The van der Waals surface area contributed by atoms with Gasteiger partial charge >= 0.3 is 5.97 Å². The predicted molar refractivity (Wildman–Crippen MR) is 85.9 cm³/mol. The zero-order valence-electron chi connectivity index (χ0n) is 11.5. The lowest BCUT2D eigenvalue weighted by molar-refractivity contribution is -0.144. The zero-order valence-corrected chi connectivity index (χ0v) is 13.0. The van der Waals surface area contributed by atoms with E-state index in [4.69, 9.17) is 27.9 Å². The van der Waals surface area contributed by atoms with Crippen molar-refractivity contribution in [3.8, 4) is 0 Å². The van der Waals surface area contributed by atoms with E-state index in [1.165, 1.54) is 0 Å². The summed E-state index contributed by atoms with van der Waals surface area (Å²) in [6, 6.07) is 13.8. The van der Waals surface area contributed by atoms with E-state index in [1.54, 1.807) is 25.1 Å². The van der Waals surface area contributed by atoms with Crippen LogP contribution in [0.1, 0.15) is 18.5 Å². The average Bonchev–Trinajstić information content (AvgIpc) is 2.45. The molecule has 1 unspecified atom stereocenters. The molecular formula is C16H15Cl2NO2. The van der Waals surface area contributed by atoms with Crippen molar-refractivity contribution < 1.29 is 9.53 Å². The first kappa shape index (κ1) is 15.7. The van der Waals surface area contributed by atoms with Crippen molar-refractivity contribution in [1.82, 2.24) is 0 Å². The first-order valence-electron chi connectivity index (χ1n) is 6.54. The molecule has 0 bridgehead atoms. The van der Waals surface area contributed by atoms with Crippen LogP contribution < -0.4 is 5.32 Å². The Morgan fingerprint density at radius 2 is 1.76 bits per heavy atom. The van der Waals surface area contributed by atoms with Gasteiger partial charge in [-0.25, -0.2) is 4.79 Å². The topological polar surface area (TPSA) is 38.3 Å². The molecule has 0 saturated carbocycles. The Kier molecular flexibility index (Phi) is 5.48. The van der Waals surface area contributed by atoms with Gasteiger partial charge in [0.1, 0.15) is 0 Å². The molecule has 21 heavy (non-hydrogen) atoms. The van der Waals surface area contributed by atoms with E-state index in [0.29, 0.717) is 22.3 Å². The van der Waals surface area contributed by atoms with Crippen LogP contribution in [-0.2, 0) is 9.53 Å². The normalized spacial score (nSPS) is 11.8. The maximum absolute atomic E-state index is 12.2. The first-order valence-corrected chi connectivity index (χ1v) is 7.30. The number of hydrogen-bond donors (Lipinski definition) is 1. The highest BCUT2D eigenvalue weighted by molar-refractivity contribution is 6.35. The third kappa shape index (κ3) is 4.38. The van der Waals surface area contributed by atoms with Crippen molar-refractivity contribution in [2.75, 3.05) is 11.9 Å². The van der Waals surface area contributed by atoms with Crippen molar-refractivity contribution in [2.45, 2.75) is 13.0 Å². The lowest BCUT2D eigenvalue weighted by Gasteiger charge is -2.19. The Morgan fingerprint density at radius 3 is 2.33 bits per heavy atom. The maximum Gasteiger partial charge on any atom is 0.333 e. The average molecular weight is 324 g/mol. The van der Waals surface area contributed by atoms with Crippen LogP contribution in [0.5, 0.6) is 0 Å². The molecule has 3 nitrogen and oxygen atoms in total. The van der Waals surface area contributed by atoms with Gasteiger partial charge in [0.25, 0.3) is 0 Å². The summed E-state index contributed by atoms with van der Waals surface area (Å²) < 4.78 is 5.12. The molecule has 0 heterocycles. The highest BCUT2D eigenvalue weighted by Crippen LogP contribution is 2.26. The highest BCUT2D eigenvalue weighted by Gasteiger charge is 2.21. The quantitative estimate of drug-likeness (QED) is 0.810. The number of ether oxygens (including phenoxy) is 1. The summed E-state index contributed by atoms with van der Waals surface area (Å²) in [5, 5.41) is 4.12. The maximum atomic E-state index is 12.2. The number of halogens is 2. The standard InChI is InChI=1S/C16H15Cl2NO2/c1-2-21-16(20)15(11-6-4-3-5-7-11)19-14-9-12(17)8-13(18)10-14/h3-10,15,19H,2H2,1H3. The van der Waals surface area contributed by atoms with Crippen LogP contribution in [0.15, 0.2) is 48.5 Å². The Balaban J connectivity index is 2.29. The van der Waals surface area contributed by atoms with E-state index >= 15 is 0 Å². The van der Waals surface area contributed by atoms with Gasteiger partial charge < -0.3 is 10.1 Å². The molecule has 0 saturated heterocycles. The van der Waals surface area contributed by atoms with Crippen molar-refractivity contribution in [2.24, 2.45) is 0 Å². The number of carbonyl (C=O) groups excluding carboxylic acids is 1. The SMILES string of the molecule is CCOC(=O)C(Nc1cc(Cl)cc(Cl)c1)c1ccccc1. The third-order valence-electron chi connectivity index (χ3n) is 2.83. The fourth-order valence-electron chi connectivity index (χ4n) is 1.95. The molecule has 0 aliphatic heterocycles. The van der Waals surface area contributed by atoms with Gasteiger partial charge in [-0.05, 0) is 30.7 Å². The van der Waals surface area contributed by atoms with E-state index in [0.717, 1.165) is 5.56 Å². The van der Waals surface area contributed by atoms with Crippen LogP contribution in [0, 0.1) is 0 Å². The van der Waals surface area contributed by atoms with Crippen LogP contribution in [0.2, 0.25) is 10.0 Å². The molecular weight excluding hydrogens is 309 g/mol. The van der Waals surface area contributed by atoms with Crippen molar-refractivity contribution >= 4 is 34.9 Å². The summed E-state index contributed by atoms with van der Waals surface area (Å²) >= 11 is 12.0. The van der Waals surface area contributed by atoms with Gasteiger partial charge in [-0.3, -0.25) is 0 Å². The summed E-state index contributed by atoms with van der Waals surface area (Å²) in [6.07, 6.45) is 0. The third-order valence-corrected chi connectivity index (χ3v) is 3.27. The molecule has 0 aliphatic carbocycles. The Morgan fingerprint density at radius 1 is 1.14 bits per heavy atom. The lowest BCUT2D eigenvalue weighted by atomic mass is 10.1. The predicted octanol–water partition coefficient (Wildman–Crippen LogP) is 4.71. The fourth-order valence-corrected chi connectivity index (χ4v) is 2.48. The Labute approximate surface area is 133 Å². The van der Waals surface area contributed by atoms with Crippen LogP contribution in [0.4, 0.5) is 5.69 Å². The zero-order chi connectivity index (χ0) is 15.2. The van der Waals surface area contributed by atoms with Crippen LogP contribution in [0.3, 0.4) is 0 Å². The van der Waals surface area contributed by atoms with E-state index < -0.39 is 6.04 Å². The fraction of sp³-hybridized carbons (Fsp3) is 0.188. The number of rotatable bonds is 5. The van der Waals surface area contributed by atoms with Gasteiger partial charge in [-0.2, -0.15) is 0 Å². The second-order valence-corrected chi connectivity index (χ2v) is 5.27. The van der Waals surface area contributed by atoms with Gasteiger partial charge in [0.15, 0.2) is 6.04 Å². The molecule has 1 atom stereocenters. The number of carbonyl (C=O) groups is 1. The summed E-state index contributed by atoms with van der Waals surface area (Å²) in [6.45, 7) is 2.09. The van der Waals surface area contributed by atoms with Crippen molar-refractivity contribution in [3.05, 3.63) is 64.1 Å². The van der Waals surface area contributed by atoms with E-state index in [1.807, 2.05) is 30.3 Å². The van der Waals surface area contributed by atoms with Crippen LogP contribution >= 0.6 is 23.2 Å². The smallest absolute Gasteiger partial charge is 0.333 e. The van der Waals surface area contributed by atoms with Crippen LogP contribution in [0.25, 0.3) is 0 Å². The highest BCUT2D eigenvalue weighted by atomic mass is 35.5. The first-order chi connectivity index (χ1) is 10.1. The summed E-state index contributed by atoms with van der Waals surface area (Å²) in [7, 11) is 0. The minimum absolute atomic E-state index is 0.320. The van der Waals surface area contributed by atoms with E-state index in [9.17, 15) is 4.79 Å². The van der Waals surface area contributed by atoms with Gasteiger partial charge in [-0.1, -0.05) is 53.5 Å². The monoisotopic (exact) mass is 323 g/mol. The largest absolute Gasteiger partial charge is 0.464 e. The van der Waals surface area contributed by atoms with Gasteiger partial charge in [0.05, 0.1) is 6.61 Å². The molecule has 5 heteroatoms. The van der Waals surface area contributed by atoms with Gasteiger partial charge in [-0.15, -0.1) is 0 Å². The molecule has 0 amide bonds. The molecule has 2 aromatic rings. The van der Waals surface area contributed by atoms with Crippen LogP contribution in [-0.4, -0.2) is 12.6 Å². The number of anilines is 1. The molecule has 0 fully saturated rings. The minimum Gasteiger partial charge on any atom is -0.464 e. The molecule has 2 aromatic carbocycles. The second-order valence-electron chi connectivity index (χ2n) is 4.40. The van der Waals surface area contributed by atoms with Crippen molar-refractivity contribution in [3.63, 3.8) is 0 Å². The Bertz CT molecular complexity index is 597. The summed E-state index contributed by atoms with van der Waals surface area (Å²) in [4.78, 5) is 12.2. The number of nitrogens with one attached hydrogen (secondary N) is 1.